The van der Waals surface area contributed by atoms with Gasteiger partial charge in [-0.15, -0.1) is 0 Å². The Balaban J connectivity index is 1.95. The molecule has 2 aromatic rings. The predicted octanol–water partition coefficient (Wildman–Crippen LogP) is 2.26. The zero-order valence-electron chi connectivity index (χ0n) is 21.2. The highest BCUT2D eigenvalue weighted by Crippen LogP contribution is 2.29. The second-order valence-electron chi connectivity index (χ2n) is 9.22. The standard InChI is InChI=1S/C26H37N5O5/c1-3-4-15-30-24(27)23(25(34)28-26(30)35)31(20-12-8-9-13-20)21(32)18-29(16-14-22(33)36-2)17-19-10-6-5-7-11-19/h5-7,10-11,20H,3-4,8-9,12-18,27H2,1-2H3,(H,28,34,35). The van der Waals surface area contributed by atoms with Gasteiger partial charge < -0.3 is 15.4 Å². The van der Waals surface area contributed by atoms with E-state index in [-0.39, 0.29) is 42.4 Å². The molecule has 10 heteroatoms. The molecule has 1 aliphatic carbocycles. The van der Waals surface area contributed by atoms with Gasteiger partial charge in [0.15, 0.2) is 5.69 Å². The van der Waals surface area contributed by atoms with Crippen LogP contribution in [0.25, 0.3) is 0 Å². The second kappa shape index (κ2) is 13.1. The highest BCUT2D eigenvalue weighted by atomic mass is 16.5. The maximum Gasteiger partial charge on any atom is 0.330 e. The predicted molar refractivity (Wildman–Crippen MR) is 139 cm³/mol. The van der Waals surface area contributed by atoms with Crippen molar-refractivity contribution in [1.82, 2.24) is 14.5 Å². The molecule has 0 radical (unpaired) electrons. The van der Waals surface area contributed by atoms with Gasteiger partial charge >= 0.3 is 11.7 Å². The summed E-state index contributed by atoms with van der Waals surface area (Å²) in [7, 11) is 1.33. The summed E-state index contributed by atoms with van der Waals surface area (Å²) < 4.78 is 6.13. The van der Waals surface area contributed by atoms with Crippen LogP contribution < -0.4 is 21.9 Å². The lowest BCUT2D eigenvalue weighted by atomic mass is 10.1. The normalized spacial score (nSPS) is 13.8. The largest absolute Gasteiger partial charge is 0.469 e. The lowest BCUT2D eigenvalue weighted by Crippen LogP contribution is -2.49. The first-order valence-corrected chi connectivity index (χ1v) is 12.6. The van der Waals surface area contributed by atoms with Crippen molar-refractivity contribution in [3.63, 3.8) is 0 Å². The number of methoxy groups -OCH3 is 1. The lowest BCUT2D eigenvalue weighted by molar-refractivity contribution is -0.141. The molecule has 1 amide bonds. The van der Waals surface area contributed by atoms with Gasteiger partial charge in [-0.2, -0.15) is 0 Å². The van der Waals surface area contributed by atoms with Gasteiger partial charge in [0, 0.05) is 25.7 Å². The van der Waals surface area contributed by atoms with Gasteiger partial charge in [0.2, 0.25) is 5.91 Å². The number of benzene rings is 1. The van der Waals surface area contributed by atoms with Crippen LogP contribution in [0.3, 0.4) is 0 Å². The molecule has 1 aromatic carbocycles. The number of anilines is 2. The van der Waals surface area contributed by atoms with E-state index in [4.69, 9.17) is 10.5 Å². The fraction of sp³-hybridized carbons (Fsp3) is 0.538. The van der Waals surface area contributed by atoms with Crippen molar-refractivity contribution in [3.05, 3.63) is 56.7 Å². The van der Waals surface area contributed by atoms with Gasteiger partial charge in [-0.25, -0.2) is 4.79 Å². The van der Waals surface area contributed by atoms with E-state index >= 15 is 0 Å². The van der Waals surface area contributed by atoms with Crippen LogP contribution in [0.5, 0.6) is 0 Å². The molecule has 1 fully saturated rings. The van der Waals surface area contributed by atoms with Crippen LogP contribution in [-0.4, -0.2) is 52.6 Å². The quantitative estimate of drug-likeness (QED) is 0.428. The zero-order valence-corrected chi connectivity index (χ0v) is 21.2. The van der Waals surface area contributed by atoms with Crippen molar-refractivity contribution in [2.24, 2.45) is 0 Å². The van der Waals surface area contributed by atoms with E-state index in [0.29, 0.717) is 26.1 Å². The third-order valence-corrected chi connectivity index (χ3v) is 6.62. The van der Waals surface area contributed by atoms with Gasteiger partial charge in [0.25, 0.3) is 5.56 Å². The molecule has 0 saturated heterocycles. The van der Waals surface area contributed by atoms with E-state index in [1.54, 1.807) is 0 Å². The number of ether oxygens (including phenoxy) is 1. The number of rotatable bonds is 12. The number of nitrogens with two attached hydrogens (primary N) is 1. The van der Waals surface area contributed by atoms with Crippen LogP contribution in [0.2, 0.25) is 0 Å². The molecule has 1 saturated carbocycles. The topological polar surface area (TPSA) is 131 Å². The Labute approximate surface area is 211 Å². The number of carbonyl (C=O) groups excluding carboxylic acids is 2. The fourth-order valence-electron chi connectivity index (χ4n) is 4.70. The molecule has 0 atom stereocenters. The van der Waals surface area contributed by atoms with E-state index in [1.165, 1.54) is 16.6 Å². The number of hydrogen-bond acceptors (Lipinski definition) is 7. The average molecular weight is 500 g/mol. The Morgan fingerprint density at radius 2 is 1.86 bits per heavy atom. The van der Waals surface area contributed by atoms with Crippen LogP contribution in [0.4, 0.5) is 11.5 Å². The van der Waals surface area contributed by atoms with E-state index in [2.05, 4.69) is 4.98 Å². The molecule has 196 valence electrons. The van der Waals surface area contributed by atoms with E-state index in [1.807, 2.05) is 42.2 Å². The van der Waals surface area contributed by atoms with Gasteiger partial charge in [-0.05, 0) is 24.8 Å². The van der Waals surface area contributed by atoms with Crippen molar-refractivity contribution in [3.8, 4) is 0 Å². The van der Waals surface area contributed by atoms with Crippen molar-refractivity contribution in [2.45, 2.75) is 71.0 Å². The molecule has 36 heavy (non-hydrogen) atoms. The zero-order chi connectivity index (χ0) is 26.1. The minimum Gasteiger partial charge on any atom is -0.469 e. The summed E-state index contributed by atoms with van der Waals surface area (Å²) in [5, 5.41) is 0. The molecule has 3 N–H and O–H groups in total. The van der Waals surface area contributed by atoms with Crippen molar-refractivity contribution < 1.29 is 14.3 Å². The molecule has 0 bridgehead atoms. The average Bonchev–Trinajstić information content (AvgIpc) is 3.39. The number of nitrogens with one attached hydrogen (secondary N) is 1. The molecule has 0 unspecified atom stereocenters. The second-order valence-corrected chi connectivity index (χ2v) is 9.22. The van der Waals surface area contributed by atoms with Crippen LogP contribution in [0, 0.1) is 0 Å². The maximum atomic E-state index is 13.8. The maximum absolute atomic E-state index is 13.8. The number of unbranched alkanes of at least 4 members (excludes halogenated alkanes) is 1. The van der Waals surface area contributed by atoms with E-state index < -0.39 is 11.2 Å². The fourth-order valence-corrected chi connectivity index (χ4v) is 4.70. The van der Waals surface area contributed by atoms with Gasteiger partial charge in [0.05, 0.1) is 20.1 Å². The SMILES string of the molecule is CCCCn1c(N)c(N(C(=O)CN(CCC(=O)OC)Cc2ccccc2)C2CCCC2)c(=O)[nH]c1=O. The Hall–Kier alpha value is -3.40. The number of nitrogen functional groups attached to an aromatic ring is 1. The summed E-state index contributed by atoms with van der Waals surface area (Å²) in [5.74, 6) is -0.640. The van der Waals surface area contributed by atoms with Crippen LogP contribution in [-0.2, 0) is 27.4 Å². The molecule has 0 spiro atoms. The molecule has 3 rings (SSSR count). The van der Waals surface area contributed by atoms with Crippen molar-refractivity contribution >= 4 is 23.4 Å². The summed E-state index contributed by atoms with van der Waals surface area (Å²) in [4.78, 5) is 56.9. The van der Waals surface area contributed by atoms with Crippen molar-refractivity contribution in [1.29, 1.82) is 0 Å². The molecular weight excluding hydrogens is 462 g/mol. The minimum absolute atomic E-state index is 0.0154. The highest BCUT2D eigenvalue weighted by Gasteiger charge is 2.33. The summed E-state index contributed by atoms with van der Waals surface area (Å²) in [6.45, 7) is 3.10. The molecule has 1 aliphatic rings. The highest BCUT2D eigenvalue weighted by molar-refractivity contribution is 5.97. The number of aromatic nitrogens is 2. The van der Waals surface area contributed by atoms with Crippen molar-refractivity contribution in [2.75, 3.05) is 30.8 Å². The number of amides is 1. The molecule has 1 aromatic heterocycles. The molecule has 0 aliphatic heterocycles. The number of aromatic amines is 1. The summed E-state index contributed by atoms with van der Waals surface area (Å²) in [6.07, 6.45) is 5.07. The van der Waals surface area contributed by atoms with E-state index in [9.17, 15) is 19.2 Å². The summed E-state index contributed by atoms with van der Waals surface area (Å²) in [5.41, 5.74) is 6.18. The molecular formula is C26H37N5O5. The Morgan fingerprint density at radius 1 is 1.17 bits per heavy atom. The number of nitrogens with zero attached hydrogens (tertiary/aromatic N) is 3. The monoisotopic (exact) mass is 499 g/mol. The number of esters is 1. The molecule has 1 heterocycles. The smallest absolute Gasteiger partial charge is 0.330 e. The minimum atomic E-state index is -0.658. The van der Waals surface area contributed by atoms with Crippen LogP contribution in [0.1, 0.15) is 57.4 Å². The Kier molecular flexibility index (Phi) is 9.86. The first kappa shape index (κ1) is 27.2. The van der Waals surface area contributed by atoms with Crippen LogP contribution in [0.15, 0.2) is 39.9 Å². The summed E-state index contributed by atoms with van der Waals surface area (Å²) in [6, 6.07) is 9.48. The van der Waals surface area contributed by atoms with Gasteiger partial charge in [-0.3, -0.25) is 28.8 Å². The number of hydrogen-bond donors (Lipinski definition) is 2. The first-order chi connectivity index (χ1) is 17.3. The summed E-state index contributed by atoms with van der Waals surface area (Å²) >= 11 is 0. The third kappa shape index (κ3) is 6.84. The van der Waals surface area contributed by atoms with Gasteiger partial charge in [0.1, 0.15) is 5.82 Å². The Bertz CT molecular complexity index is 1140. The van der Waals surface area contributed by atoms with Gasteiger partial charge in [-0.1, -0.05) is 56.5 Å². The first-order valence-electron chi connectivity index (χ1n) is 12.6. The Morgan fingerprint density at radius 3 is 2.50 bits per heavy atom. The number of H-pyrrole nitrogens is 1. The number of carbonyl (C=O) groups is 2. The van der Waals surface area contributed by atoms with Crippen LogP contribution >= 0.6 is 0 Å². The van der Waals surface area contributed by atoms with E-state index in [0.717, 1.165) is 37.7 Å². The molecule has 10 nitrogen and oxygen atoms in total. The third-order valence-electron chi connectivity index (χ3n) is 6.62. The lowest BCUT2D eigenvalue weighted by Gasteiger charge is -2.32.